The Morgan fingerprint density at radius 1 is 1.10 bits per heavy atom. The van der Waals surface area contributed by atoms with Crippen molar-refractivity contribution in [3.05, 3.63) is 48.0 Å². The maximum Gasteiger partial charge on any atom is 0.408 e. The summed E-state index contributed by atoms with van der Waals surface area (Å²) in [6.45, 7) is 11.6. The van der Waals surface area contributed by atoms with Crippen LogP contribution in [-0.4, -0.2) is 60.2 Å². The maximum atomic E-state index is 13.6. The molecule has 11 nitrogen and oxygen atoms in total. The van der Waals surface area contributed by atoms with Crippen LogP contribution in [0.3, 0.4) is 0 Å². The number of carbonyl (C=O) groups excluding carboxylic acids is 4. The molecule has 0 spiro atoms. The zero-order valence-corrected chi connectivity index (χ0v) is 25.4. The van der Waals surface area contributed by atoms with Gasteiger partial charge in [0.1, 0.15) is 18.7 Å². The fourth-order valence-corrected chi connectivity index (χ4v) is 4.68. The molecule has 42 heavy (non-hydrogen) atoms. The molecule has 1 aromatic rings. The summed E-state index contributed by atoms with van der Waals surface area (Å²) in [5.41, 5.74) is 0.172. The summed E-state index contributed by atoms with van der Waals surface area (Å²) in [6.07, 6.45) is 2.53. The molecule has 0 aliphatic carbocycles. The number of amides is 4. The van der Waals surface area contributed by atoms with Gasteiger partial charge in [0.2, 0.25) is 17.7 Å². The van der Waals surface area contributed by atoms with E-state index in [1.165, 1.54) is 6.08 Å². The topological polar surface area (TPSA) is 159 Å². The van der Waals surface area contributed by atoms with Gasteiger partial charge in [0.15, 0.2) is 0 Å². The minimum absolute atomic E-state index is 0.0184. The van der Waals surface area contributed by atoms with Crippen LogP contribution in [0.25, 0.3) is 0 Å². The Kier molecular flexibility index (Phi) is 13.5. The maximum absolute atomic E-state index is 13.6. The van der Waals surface area contributed by atoms with E-state index in [2.05, 4.69) is 21.3 Å². The van der Waals surface area contributed by atoms with E-state index < -0.39 is 47.7 Å². The molecule has 1 aliphatic heterocycles. The van der Waals surface area contributed by atoms with Crippen LogP contribution in [0.4, 0.5) is 4.79 Å². The molecule has 0 saturated carbocycles. The molecule has 1 aromatic carbocycles. The molecule has 230 valence electrons. The molecular weight excluding hydrogens is 538 g/mol. The van der Waals surface area contributed by atoms with Crippen LogP contribution in [0.5, 0.6) is 0 Å². The van der Waals surface area contributed by atoms with Crippen molar-refractivity contribution in [3.8, 4) is 6.07 Å². The minimum Gasteiger partial charge on any atom is -0.445 e. The quantitative estimate of drug-likeness (QED) is 0.245. The lowest BCUT2D eigenvalue weighted by Crippen LogP contribution is -2.59. The minimum atomic E-state index is -1.16. The molecule has 11 heteroatoms. The van der Waals surface area contributed by atoms with Gasteiger partial charge in [0.05, 0.1) is 17.8 Å². The zero-order valence-electron chi connectivity index (χ0n) is 25.4. The Labute approximate surface area is 248 Å². The van der Waals surface area contributed by atoms with Crippen molar-refractivity contribution < 1.29 is 28.7 Å². The Balaban J connectivity index is 2.18. The van der Waals surface area contributed by atoms with Crippen LogP contribution in [0.2, 0.25) is 0 Å². The molecule has 1 fully saturated rings. The van der Waals surface area contributed by atoms with Gasteiger partial charge in [-0.2, -0.15) is 5.26 Å². The van der Waals surface area contributed by atoms with Crippen molar-refractivity contribution in [2.45, 2.75) is 97.2 Å². The molecule has 0 bridgehead atoms. The molecule has 4 N–H and O–H groups in total. The fraction of sp³-hybridized carbons (Fsp3) is 0.581. The number of allylic oxidation sites excluding steroid dienone is 1. The molecule has 1 heterocycles. The Bertz CT molecular complexity index is 1120. The van der Waals surface area contributed by atoms with Crippen LogP contribution in [0.1, 0.15) is 66.4 Å². The van der Waals surface area contributed by atoms with Gasteiger partial charge in [0.25, 0.3) is 0 Å². The van der Waals surface area contributed by atoms with Crippen molar-refractivity contribution in [1.29, 1.82) is 5.26 Å². The highest BCUT2D eigenvalue weighted by Gasteiger charge is 2.35. The van der Waals surface area contributed by atoms with Gasteiger partial charge < -0.3 is 30.7 Å². The third-order valence-electron chi connectivity index (χ3n) is 6.55. The zero-order chi connectivity index (χ0) is 31.3. The normalized spacial score (nSPS) is 18.0. The molecule has 2 unspecified atom stereocenters. The highest BCUT2D eigenvalue weighted by molar-refractivity contribution is 5.92. The average molecular weight is 584 g/mol. The molecular formula is C31H45N5O6. The second-order valence-electron chi connectivity index (χ2n) is 11.9. The van der Waals surface area contributed by atoms with E-state index in [-0.39, 0.29) is 24.3 Å². The lowest BCUT2D eigenvalue weighted by atomic mass is 9.97. The average Bonchev–Trinajstić information content (AvgIpc) is 3.31. The van der Waals surface area contributed by atoms with Crippen molar-refractivity contribution >= 4 is 23.8 Å². The van der Waals surface area contributed by atoms with E-state index in [1.54, 1.807) is 13.0 Å². The molecule has 2 rings (SSSR count). The number of nitriles is 1. The monoisotopic (exact) mass is 583 g/mol. The summed E-state index contributed by atoms with van der Waals surface area (Å²) in [7, 11) is 0. The van der Waals surface area contributed by atoms with Crippen LogP contribution >= 0.6 is 0 Å². The van der Waals surface area contributed by atoms with Gasteiger partial charge >= 0.3 is 6.09 Å². The summed E-state index contributed by atoms with van der Waals surface area (Å²) in [5.74, 6) is -1.41. The SMILES string of the molecule is CC(C)C[C@H](NC(=O)[C@@H](NC(=O)OCc1ccccc1)C(C)OC(C)(C)C)C(=O)N[C@H](C=CC#N)CC1CCNC1=O. The number of alkyl carbamates (subject to hydrolysis) is 1. The number of ether oxygens (including phenoxy) is 2. The van der Waals surface area contributed by atoms with Gasteiger partial charge in [-0.1, -0.05) is 50.3 Å². The lowest BCUT2D eigenvalue weighted by Gasteiger charge is -2.32. The van der Waals surface area contributed by atoms with Crippen LogP contribution < -0.4 is 21.3 Å². The number of nitrogens with zero attached hydrogens (tertiary/aromatic N) is 1. The first kappa shape index (κ1) is 34.3. The third kappa shape index (κ3) is 12.3. The summed E-state index contributed by atoms with van der Waals surface area (Å²) in [4.78, 5) is 51.9. The lowest BCUT2D eigenvalue weighted by molar-refractivity contribution is -0.135. The second-order valence-corrected chi connectivity index (χ2v) is 11.9. The van der Waals surface area contributed by atoms with Gasteiger partial charge in [0, 0.05) is 24.6 Å². The van der Waals surface area contributed by atoms with Gasteiger partial charge in [-0.05, 0) is 58.4 Å². The molecule has 0 radical (unpaired) electrons. The van der Waals surface area contributed by atoms with Crippen molar-refractivity contribution in [2.24, 2.45) is 11.8 Å². The molecule has 1 aliphatic rings. The van der Waals surface area contributed by atoms with E-state index in [0.717, 1.165) is 5.56 Å². The molecule has 1 saturated heterocycles. The van der Waals surface area contributed by atoms with E-state index >= 15 is 0 Å². The number of rotatable bonds is 14. The predicted molar refractivity (Wildman–Crippen MR) is 158 cm³/mol. The Morgan fingerprint density at radius 3 is 2.36 bits per heavy atom. The number of benzene rings is 1. The van der Waals surface area contributed by atoms with E-state index in [1.807, 2.05) is 71.0 Å². The first-order valence-corrected chi connectivity index (χ1v) is 14.4. The van der Waals surface area contributed by atoms with Crippen molar-refractivity contribution in [1.82, 2.24) is 21.3 Å². The molecule has 5 atom stereocenters. The number of nitrogens with one attached hydrogen (secondary N) is 4. The predicted octanol–water partition coefficient (Wildman–Crippen LogP) is 3.11. The summed E-state index contributed by atoms with van der Waals surface area (Å²) < 4.78 is 11.3. The first-order chi connectivity index (χ1) is 19.8. The standard InChI is InChI=1S/C31H45N5O6/c1-20(2)17-25(28(38)34-24(13-10-15-32)18-23-14-16-33-27(23)37)35-29(39)26(21(3)42-31(4,5)6)36-30(40)41-19-22-11-8-7-9-12-22/h7-13,20-21,23-26H,14,16-19H2,1-6H3,(H,33,37)(H,34,38)(H,35,39)(H,36,40)/t21?,23?,24-,25+,26+/m1/s1. The van der Waals surface area contributed by atoms with Crippen LogP contribution in [-0.2, 0) is 30.5 Å². The van der Waals surface area contributed by atoms with E-state index in [4.69, 9.17) is 14.7 Å². The van der Waals surface area contributed by atoms with Gasteiger partial charge in [-0.15, -0.1) is 0 Å². The molecule has 4 amide bonds. The van der Waals surface area contributed by atoms with E-state index in [9.17, 15) is 19.2 Å². The Morgan fingerprint density at radius 2 is 1.79 bits per heavy atom. The van der Waals surface area contributed by atoms with Gasteiger partial charge in [-0.25, -0.2) is 4.79 Å². The van der Waals surface area contributed by atoms with Crippen molar-refractivity contribution in [3.63, 3.8) is 0 Å². The largest absolute Gasteiger partial charge is 0.445 e. The highest BCUT2D eigenvalue weighted by atomic mass is 16.6. The van der Waals surface area contributed by atoms with Crippen molar-refractivity contribution in [2.75, 3.05) is 6.54 Å². The summed E-state index contributed by atoms with van der Waals surface area (Å²) in [5, 5.41) is 20.1. The van der Waals surface area contributed by atoms with Gasteiger partial charge in [-0.3, -0.25) is 14.4 Å². The first-order valence-electron chi connectivity index (χ1n) is 14.4. The summed E-state index contributed by atoms with van der Waals surface area (Å²) >= 11 is 0. The highest BCUT2D eigenvalue weighted by Crippen LogP contribution is 2.18. The second kappa shape index (κ2) is 16.5. The molecule has 0 aromatic heterocycles. The van der Waals surface area contributed by atoms with Crippen LogP contribution in [0.15, 0.2) is 42.5 Å². The summed E-state index contributed by atoms with van der Waals surface area (Å²) in [6, 6.07) is 8.37. The number of carbonyl (C=O) groups is 4. The number of hydrogen-bond donors (Lipinski definition) is 4. The smallest absolute Gasteiger partial charge is 0.408 e. The van der Waals surface area contributed by atoms with E-state index in [0.29, 0.717) is 25.8 Å². The fourth-order valence-electron chi connectivity index (χ4n) is 4.68. The third-order valence-corrected chi connectivity index (χ3v) is 6.55. The Hall–Kier alpha value is -3.91. The van der Waals surface area contributed by atoms with Crippen LogP contribution in [0, 0.1) is 23.2 Å². The number of hydrogen-bond acceptors (Lipinski definition) is 7.